The second kappa shape index (κ2) is 9.03. The Morgan fingerprint density at radius 1 is 1.12 bits per heavy atom. The van der Waals surface area contributed by atoms with Crippen LogP contribution in [0.4, 0.5) is 0 Å². The van der Waals surface area contributed by atoms with Crippen LogP contribution in [0.1, 0.15) is 62.6 Å². The van der Waals surface area contributed by atoms with E-state index in [1.165, 1.54) is 11.8 Å². The summed E-state index contributed by atoms with van der Waals surface area (Å²) < 4.78 is 2.17. The molecule has 0 spiro atoms. The SMILES string of the molecule is CC(Sc1ncc(C(C)C)n1C(C)C)C(=O)NCC(=O)c1ccccc1. The van der Waals surface area contributed by atoms with Crippen molar-refractivity contribution in [3.63, 3.8) is 0 Å². The Bertz CT molecular complexity index is 754. The molecule has 140 valence electrons. The molecule has 0 aliphatic heterocycles. The lowest BCUT2D eigenvalue weighted by Crippen LogP contribution is -2.35. The Morgan fingerprint density at radius 2 is 1.77 bits per heavy atom. The number of aromatic nitrogens is 2. The standard InChI is InChI=1S/C20H27N3O2S/c1-13(2)17-11-22-20(23(17)14(3)4)26-15(5)19(25)21-12-18(24)16-9-7-6-8-10-16/h6-11,13-15H,12H2,1-5H3,(H,21,25). The molecule has 0 saturated heterocycles. The number of amides is 1. The number of Topliss-reactive ketones (excluding diaryl/α,β-unsaturated/α-hetero) is 1. The fourth-order valence-corrected chi connectivity index (χ4v) is 3.69. The van der Waals surface area contributed by atoms with Gasteiger partial charge in [0.1, 0.15) is 0 Å². The van der Waals surface area contributed by atoms with Gasteiger partial charge in [0.05, 0.1) is 11.8 Å². The molecule has 1 heterocycles. The van der Waals surface area contributed by atoms with Gasteiger partial charge < -0.3 is 9.88 Å². The van der Waals surface area contributed by atoms with Crippen LogP contribution in [0.2, 0.25) is 0 Å². The molecule has 0 bridgehead atoms. The third-order valence-electron chi connectivity index (χ3n) is 4.07. The molecular weight excluding hydrogens is 346 g/mol. The summed E-state index contributed by atoms with van der Waals surface area (Å²) in [6.07, 6.45) is 1.89. The van der Waals surface area contributed by atoms with E-state index in [0.29, 0.717) is 11.5 Å². The topological polar surface area (TPSA) is 64.0 Å². The lowest BCUT2D eigenvalue weighted by atomic mass is 10.1. The number of hydrogen-bond acceptors (Lipinski definition) is 4. The van der Waals surface area contributed by atoms with Gasteiger partial charge in [0.2, 0.25) is 5.91 Å². The second-order valence-electron chi connectivity index (χ2n) is 6.85. The van der Waals surface area contributed by atoms with Gasteiger partial charge in [0.25, 0.3) is 0 Å². The van der Waals surface area contributed by atoms with Crippen molar-refractivity contribution in [3.8, 4) is 0 Å². The normalized spacial score (nSPS) is 12.4. The molecule has 0 saturated carbocycles. The zero-order valence-electron chi connectivity index (χ0n) is 16.0. The number of rotatable bonds is 8. The van der Waals surface area contributed by atoms with Crippen molar-refractivity contribution < 1.29 is 9.59 Å². The summed E-state index contributed by atoms with van der Waals surface area (Å²) >= 11 is 1.42. The number of imidazole rings is 1. The van der Waals surface area contributed by atoms with Crippen LogP contribution in [-0.4, -0.2) is 33.0 Å². The van der Waals surface area contributed by atoms with Crippen LogP contribution in [0, 0.1) is 0 Å². The number of carbonyl (C=O) groups excluding carboxylic acids is 2. The number of thioether (sulfide) groups is 1. The van der Waals surface area contributed by atoms with E-state index >= 15 is 0 Å². The van der Waals surface area contributed by atoms with E-state index in [1.54, 1.807) is 12.1 Å². The molecule has 0 fully saturated rings. The number of nitrogens with one attached hydrogen (secondary N) is 1. The van der Waals surface area contributed by atoms with Gasteiger partial charge in [0, 0.05) is 23.5 Å². The molecule has 0 aliphatic carbocycles. The molecular formula is C20H27N3O2S. The van der Waals surface area contributed by atoms with Gasteiger partial charge in [-0.2, -0.15) is 0 Å². The highest BCUT2D eigenvalue weighted by Crippen LogP contribution is 2.29. The average molecular weight is 374 g/mol. The van der Waals surface area contributed by atoms with Gasteiger partial charge in [-0.25, -0.2) is 4.98 Å². The summed E-state index contributed by atoms with van der Waals surface area (Å²) in [5.41, 5.74) is 1.76. The molecule has 0 radical (unpaired) electrons. The van der Waals surface area contributed by atoms with Gasteiger partial charge in [0.15, 0.2) is 10.9 Å². The Kier molecular flexibility index (Phi) is 7.03. The Balaban J connectivity index is 1.98. The highest BCUT2D eigenvalue weighted by atomic mass is 32.2. The maximum atomic E-state index is 12.4. The van der Waals surface area contributed by atoms with Gasteiger partial charge >= 0.3 is 0 Å². The first-order valence-electron chi connectivity index (χ1n) is 8.91. The quantitative estimate of drug-likeness (QED) is 0.560. The lowest BCUT2D eigenvalue weighted by Gasteiger charge is -2.19. The first-order valence-corrected chi connectivity index (χ1v) is 9.79. The van der Waals surface area contributed by atoms with E-state index in [-0.39, 0.29) is 29.5 Å². The zero-order chi connectivity index (χ0) is 19.3. The molecule has 1 amide bonds. The monoisotopic (exact) mass is 373 g/mol. The van der Waals surface area contributed by atoms with Gasteiger partial charge in [-0.05, 0) is 26.7 Å². The molecule has 0 aliphatic rings. The van der Waals surface area contributed by atoms with E-state index in [1.807, 2.05) is 31.3 Å². The van der Waals surface area contributed by atoms with Crippen molar-refractivity contribution in [2.75, 3.05) is 6.54 Å². The van der Waals surface area contributed by atoms with Gasteiger partial charge in [-0.3, -0.25) is 9.59 Å². The van der Waals surface area contributed by atoms with E-state index in [4.69, 9.17) is 0 Å². The van der Waals surface area contributed by atoms with Crippen molar-refractivity contribution in [3.05, 3.63) is 47.8 Å². The zero-order valence-corrected chi connectivity index (χ0v) is 16.8. The van der Waals surface area contributed by atoms with Gasteiger partial charge in [-0.1, -0.05) is 55.9 Å². The van der Waals surface area contributed by atoms with Crippen molar-refractivity contribution >= 4 is 23.5 Å². The van der Waals surface area contributed by atoms with E-state index in [9.17, 15) is 9.59 Å². The smallest absolute Gasteiger partial charge is 0.233 e. The molecule has 2 rings (SSSR count). The maximum absolute atomic E-state index is 12.4. The predicted octanol–water partition coefficient (Wildman–Crippen LogP) is 4.07. The maximum Gasteiger partial charge on any atom is 0.233 e. The fourth-order valence-electron chi connectivity index (χ4n) is 2.64. The lowest BCUT2D eigenvalue weighted by molar-refractivity contribution is -0.120. The summed E-state index contributed by atoms with van der Waals surface area (Å²) in [5, 5.41) is 3.23. The number of hydrogen-bond donors (Lipinski definition) is 1. The summed E-state index contributed by atoms with van der Waals surface area (Å²) in [7, 11) is 0. The van der Waals surface area contributed by atoms with Crippen molar-refractivity contribution in [2.24, 2.45) is 0 Å². The fraction of sp³-hybridized carbons (Fsp3) is 0.450. The van der Waals surface area contributed by atoms with Crippen molar-refractivity contribution in [1.82, 2.24) is 14.9 Å². The Morgan fingerprint density at radius 3 is 2.35 bits per heavy atom. The number of carbonyl (C=O) groups is 2. The molecule has 1 unspecified atom stereocenters. The molecule has 6 heteroatoms. The van der Waals surface area contributed by atoms with Crippen LogP contribution >= 0.6 is 11.8 Å². The highest BCUT2D eigenvalue weighted by Gasteiger charge is 2.21. The number of benzene rings is 1. The highest BCUT2D eigenvalue weighted by molar-refractivity contribution is 8.00. The Hall–Kier alpha value is -2.08. The molecule has 1 aromatic heterocycles. The largest absolute Gasteiger partial charge is 0.348 e. The summed E-state index contributed by atoms with van der Waals surface area (Å²) in [6, 6.07) is 9.25. The van der Waals surface area contributed by atoms with Crippen LogP contribution in [0.25, 0.3) is 0 Å². The van der Waals surface area contributed by atoms with E-state index in [0.717, 1.165) is 10.9 Å². The van der Waals surface area contributed by atoms with Crippen LogP contribution < -0.4 is 5.32 Å². The van der Waals surface area contributed by atoms with E-state index < -0.39 is 0 Å². The molecule has 2 aromatic rings. The molecule has 5 nitrogen and oxygen atoms in total. The van der Waals surface area contributed by atoms with Gasteiger partial charge in [-0.15, -0.1) is 0 Å². The van der Waals surface area contributed by atoms with E-state index in [2.05, 4.69) is 42.6 Å². The predicted molar refractivity (Wildman–Crippen MR) is 106 cm³/mol. The first-order chi connectivity index (χ1) is 12.3. The van der Waals surface area contributed by atoms with Crippen LogP contribution in [0.15, 0.2) is 41.7 Å². The number of nitrogens with zero attached hydrogens (tertiary/aromatic N) is 2. The van der Waals surface area contributed by atoms with Crippen molar-refractivity contribution in [1.29, 1.82) is 0 Å². The molecule has 26 heavy (non-hydrogen) atoms. The molecule has 1 atom stereocenters. The minimum Gasteiger partial charge on any atom is -0.348 e. The number of ketones is 1. The third-order valence-corrected chi connectivity index (χ3v) is 5.15. The van der Waals surface area contributed by atoms with Crippen LogP contribution in [0.5, 0.6) is 0 Å². The first kappa shape index (κ1) is 20.2. The third kappa shape index (κ3) is 4.97. The van der Waals surface area contributed by atoms with Crippen LogP contribution in [-0.2, 0) is 4.79 Å². The summed E-state index contributed by atoms with van der Waals surface area (Å²) in [4.78, 5) is 29.0. The van der Waals surface area contributed by atoms with Crippen LogP contribution in [0.3, 0.4) is 0 Å². The average Bonchev–Trinajstić information content (AvgIpc) is 3.04. The minimum atomic E-state index is -0.335. The Labute approximate surface area is 159 Å². The second-order valence-corrected chi connectivity index (χ2v) is 8.16. The summed E-state index contributed by atoms with van der Waals surface area (Å²) in [5.74, 6) is 0.109. The molecule has 1 aromatic carbocycles. The molecule has 1 N–H and O–H groups in total. The summed E-state index contributed by atoms with van der Waals surface area (Å²) in [6.45, 7) is 10.3. The van der Waals surface area contributed by atoms with Crippen molar-refractivity contribution in [2.45, 2.75) is 57.0 Å². The minimum absolute atomic E-state index is 0.00358.